The molecule has 2 aromatic rings. The van der Waals surface area contributed by atoms with Gasteiger partial charge in [0.25, 0.3) is 0 Å². The summed E-state index contributed by atoms with van der Waals surface area (Å²) >= 11 is 0. The Labute approximate surface area is 127 Å². The minimum absolute atomic E-state index is 0.0774. The monoisotopic (exact) mass is 297 g/mol. The second-order valence-corrected chi connectivity index (χ2v) is 5.54. The summed E-state index contributed by atoms with van der Waals surface area (Å²) in [4.78, 5) is 25.4. The lowest BCUT2D eigenvalue weighted by atomic mass is 9.82. The van der Waals surface area contributed by atoms with Gasteiger partial charge in [-0.1, -0.05) is 12.1 Å². The molecule has 3 rings (SSSR count). The van der Waals surface area contributed by atoms with Gasteiger partial charge in [0, 0.05) is 17.3 Å². The number of rotatable bonds is 2. The van der Waals surface area contributed by atoms with E-state index in [2.05, 4.69) is 5.32 Å². The molecule has 1 aliphatic rings. The Morgan fingerprint density at radius 2 is 1.45 bits per heavy atom. The Balaban J connectivity index is 2.30. The Morgan fingerprint density at radius 3 is 2.05 bits per heavy atom. The molecule has 3 N–H and O–H groups in total. The Kier molecular flexibility index (Phi) is 3.13. The van der Waals surface area contributed by atoms with Gasteiger partial charge in [-0.2, -0.15) is 0 Å². The predicted octanol–water partition coefficient (Wildman–Crippen LogP) is 2.69. The van der Waals surface area contributed by atoms with Gasteiger partial charge in [0.1, 0.15) is 11.5 Å². The number of aromatic hydroxyl groups is 2. The number of hydrogen-bond donors (Lipinski definition) is 3. The van der Waals surface area contributed by atoms with E-state index in [0.29, 0.717) is 5.69 Å². The number of benzene rings is 2. The van der Waals surface area contributed by atoms with Crippen LogP contribution in [0.4, 0.5) is 5.69 Å². The van der Waals surface area contributed by atoms with Gasteiger partial charge >= 0.3 is 0 Å². The molecule has 0 fully saturated rings. The van der Waals surface area contributed by atoms with Crippen LogP contribution in [0.25, 0.3) is 0 Å². The number of anilines is 1. The lowest BCUT2D eigenvalue weighted by molar-refractivity contribution is 0.0974. The highest BCUT2D eigenvalue weighted by Crippen LogP contribution is 2.39. The summed E-state index contributed by atoms with van der Waals surface area (Å²) in [5.41, 5.74) is 0.715. The third-order valence-corrected chi connectivity index (χ3v) is 3.60. The summed E-state index contributed by atoms with van der Waals surface area (Å²) < 4.78 is 0. The van der Waals surface area contributed by atoms with Gasteiger partial charge in [0.05, 0.1) is 16.7 Å². The second-order valence-electron chi connectivity index (χ2n) is 5.54. The summed E-state index contributed by atoms with van der Waals surface area (Å²) in [7, 11) is 0. The Bertz CT molecular complexity index is 809. The summed E-state index contributed by atoms with van der Waals surface area (Å²) in [6, 6.07) is 7.44. The fourth-order valence-corrected chi connectivity index (χ4v) is 2.72. The maximum absolute atomic E-state index is 12.8. The molecule has 0 unspecified atom stereocenters. The van der Waals surface area contributed by atoms with Crippen LogP contribution in [-0.2, 0) is 0 Å². The zero-order valence-corrected chi connectivity index (χ0v) is 12.2. The number of phenols is 2. The number of hydrogen-bond acceptors (Lipinski definition) is 5. The van der Waals surface area contributed by atoms with Crippen molar-refractivity contribution in [3.63, 3.8) is 0 Å². The minimum Gasteiger partial charge on any atom is -0.507 e. The van der Waals surface area contributed by atoms with Crippen molar-refractivity contribution in [1.29, 1.82) is 0 Å². The molecule has 0 saturated heterocycles. The van der Waals surface area contributed by atoms with Crippen LogP contribution in [0, 0.1) is 0 Å². The van der Waals surface area contributed by atoms with Gasteiger partial charge < -0.3 is 15.5 Å². The van der Waals surface area contributed by atoms with Crippen LogP contribution in [0.1, 0.15) is 45.7 Å². The zero-order valence-electron chi connectivity index (χ0n) is 12.2. The molecule has 1 aliphatic carbocycles. The van der Waals surface area contributed by atoms with Crippen molar-refractivity contribution in [2.24, 2.45) is 0 Å². The van der Waals surface area contributed by atoms with Crippen molar-refractivity contribution < 1.29 is 19.8 Å². The Hall–Kier alpha value is -2.82. The molecule has 112 valence electrons. The van der Waals surface area contributed by atoms with Crippen LogP contribution in [-0.4, -0.2) is 27.8 Å². The minimum atomic E-state index is -0.471. The molecule has 0 aliphatic heterocycles. The SMILES string of the molecule is CC(C)Nc1cccc2c1C(=O)c1c(O)ccc(O)c1C2=O. The third kappa shape index (κ3) is 1.94. The van der Waals surface area contributed by atoms with E-state index in [9.17, 15) is 19.8 Å². The number of phenolic OH excluding ortho intramolecular Hbond substituents is 2. The maximum atomic E-state index is 12.8. The standard InChI is InChI=1S/C17H15NO4/c1-8(2)18-10-5-3-4-9-13(10)17(22)15-12(20)7-6-11(19)14(15)16(9)21/h3-8,18-20H,1-2H3. The van der Waals surface area contributed by atoms with E-state index in [4.69, 9.17) is 0 Å². The number of nitrogens with one attached hydrogen (secondary N) is 1. The van der Waals surface area contributed by atoms with Crippen molar-refractivity contribution >= 4 is 17.3 Å². The molecule has 2 aromatic carbocycles. The van der Waals surface area contributed by atoms with Crippen molar-refractivity contribution in [2.75, 3.05) is 5.32 Å². The van der Waals surface area contributed by atoms with Gasteiger partial charge in [-0.15, -0.1) is 0 Å². The van der Waals surface area contributed by atoms with Crippen LogP contribution < -0.4 is 5.32 Å². The highest BCUT2D eigenvalue weighted by atomic mass is 16.3. The van der Waals surface area contributed by atoms with E-state index in [1.54, 1.807) is 18.2 Å². The predicted molar refractivity (Wildman–Crippen MR) is 81.8 cm³/mol. The van der Waals surface area contributed by atoms with Crippen molar-refractivity contribution in [3.8, 4) is 11.5 Å². The van der Waals surface area contributed by atoms with E-state index < -0.39 is 11.6 Å². The summed E-state index contributed by atoms with van der Waals surface area (Å²) in [6.07, 6.45) is 0. The normalized spacial score (nSPS) is 13.0. The van der Waals surface area contributed by atoms with Crippen molar-refractivity contribution in [1.82, 2.24) is 0 Å². The van der Waals surface area contributed by atoms with Gasteiger partial charge in [-0.25, -0.2) is 0 Å². The van der Waals surface area contributed by atoms with Gasteiger partial charge in [-0.3, -0.25) is 9.59 Å². The Morgan fingerprint density at radius 1 is 0.864 bits per heavy atom. The molecule has 0 saturated carbocycles. The molecule has 0 heterocycles. The molecular weight excluding hydrogens is 282 g/mol. The lowest BCUT2D eigenvalue weighted by Gasteiger charge is -2.22. The number of carbonyl (C=O) groups excluding carboxylic acids is 2. The molecule has 0 bridgehead atoms. The molecule has 5 heteroatoms. The molecule has 0 spiro atoms. The van der Waals surface area contributed by atoms with E-state index in [0.717, 1.165) is 0 Å². The summed E-state index contributed by atoms with van der Waals surface area (Å²) in [6.45, 7) is 3.84. The lowest BCUT2D eigenvalue weighted by Crippen LogP contribution is -2.24. The largest absolute Gasteiger partial charge is 0.507 e. The zero-order chi connectivity index (χ0) is 16.0. The maximum Gasteiger partial charge on any atom is 0.200 e. The van der Waals surface area contributed by atoms with Gasteiger partial charge in [0.2, 0.25) is 0 Å². The molecule has 0 aromatic heterocycles. The van der Waals surface area contributed by atoms with Crippen molar-refractivity contribution in [3.05, 3.63) is 52.6 Å². The average molecular weight is 297 g/mol. The number of ketones is 2. The highest BCUT2D eigenvalue weighted by Gasteiger charge is 2.35. The second kappa shape index (κ2) is 4.87. The molecule has 0 amide bonds. The molecule has 5 nitrogen and oxygen atoms in total. The smallest absolute Gasteiger partial charge is 0.200 e. The summed E-state index contributed by atoms with van der Waals surface area (Å²) in [5.74, 6) is -1.55. The summed E-state index contributed by atoms with van der Waals surface area (Å²) in [5, 5.41) is 23.0. The molecule has 0 atom stereocenters. The van der Waals surface area contributed by atoms with E-state index >= 15 is 0 Å². The number of fused-ring (bicyclic) bond motifs is 2. The third-order valence-electron chi connectivity index (χ3n) is 3.60. The van der Waals surface area contributed by atoms with E-state index in [1.807, 2.05) is 13.8 Å². The van der Waals surface area contributed by atoms with Gasteiger partial charge in [-0.05, 0) is 32.0 Å². The molecule has 22 heavy (non-hydrogen) atoms. The molecular formula is C17H15NO4. The van der Waals surface area contributed by atoms with Crippen LogP contribution in [0.3, 0.4) is 0 Å². The van der Waals surface area contributed by atoms with E-state index in [-0.39, 0.29) is 39.8 Å². The van der Waals surface area contributed by atoms with Gasteiger partial charge in [0.15, 0.2) is 11.6 Å². The van der Waals surface area contributed by atoms with Crippen LogP contribution in [0.2, 0.25) is 0 Å². The van der Waals surface area contributed by atoms with Crippen LogP contribution in [0.15, 0.2) is 30.3 Å². The fourth-order valence-electron chi connectivity index (χ4n) is 2.72. The fraction of sp³-hybridized carbons (Fsp3) is 0.176. The first-order valence-corrected chi connectivity index (χ1v) is 6.95. The van der Waals surface area contributed by atoms with Crippen molar-refractivity contribution in [2.45, 2.75) is 19.9 Å². The topological polar surface area (TPSA) is 86.6 Å². The number of carbonyl (C=O) groups is 2. The average Bonchev–Trinajstić information content (AvgIpc) is 2.46. The van der Waals surface area contributed by atoms with Crippen LogP contribution >= 0.6 is 0 Å². The van der Waals surface area contributed by atoms with Crippen LogP contribution in [0.5, 0.6) is 11.5 Å². The van der Waals surface area contributed by atoms with E-state index in [1.165, 1.54) is 12.1 Å². The quantitative estimate of drug-likeness (QED) is 0.633. The first kappa shape index (κ1) is 14.1. The molecule has 0 radical (unpaired) electrons. The first-order chi connectivity index (χ1) is 10.4. The first-order valence-electron chi connectivity index (χ1n) is 6.95. The highest BCUT2D eigenvalue weighted by molar-refractivity contribution is 6.31.